The molecule has 0 aliphatic rings. The molecule has 2 N–H and O–H groups in total. The van der Waals surface area contributed by atoms with Gasteiger partial charge in [-0.15, -0.1) is 21.5 Å². The fourth-order valence-electron chi connectivity index (χ4n) is 1.65. The molecule has 0 aromatic carbocycles. The minimum absolute atomic E-state index is 0.212. The molecule has 0 bridgehead atoms. The Kier molecular flexibility index (Phi) is 2.88. The Morgan fingerprint density at radius 3 is 2.84 bits per heavy atom. The van der Waals surface area contributed by atoms with E-state index in [-0.39, 0.29) is 5.56 Å². The third kappa shape index (κ3) is 2.15. The number of nitrogen functional groups attached to an aromatic ring is 1. The van der Waals surface area contributed by atoms with E-state index in [1.54, 1.807) is 24.5 Å². The predicted molar refractivity (Wildman–Crippen MR) is 76.1 cm³/mol. The van der Waals surface area contributed by atoms with Gasteiger partial charge in [-0.1, -0.05) is 17.4 Å². The zero-order valence-electron chi connectivity index (χ0n) is 9.90. The van der Waals surface area contributed by atoms with Gasteiger partial charge in [0, 0.05) is 7.05 Å². The molecule has 0 aliphatic heterocycles. The lowest BCUT2D eigenvalue weighted by Crippen LogP contribution is -2.21. The van der Waals surface area contributed by atoms with Crippen LogP contribution in [0.2, 0.25) is 0 Å². The lowest BCUT2D eigenvalue weighted by Gasteiger charge is -2.03. The van der Waals surface area contributed by atoms with Crippen molar-refractivity contribution in [2.75, 3.05) is 5.73 Å². The third-order valence-electron chi connectivity index (χ3n) is 2.51. The summed E-state index contributed by atoms with van der Waals surface area (Å²) in [6.07, 6.45) is 0. The van der Waals surface area contributed by atoms with Crippen LogP contribution in [0.5, 0.6) is 0 Å². The van der Waals surface area contributed by atoms with E-state index in [0.29, 0.717) is 15.7 Å². The van der Waals surface area contributed by atoms with Crippen LogP contribution in [0.3, 0.4) is 0 Å². The van der Waals surface area contributed by atoms with Crippen LogP contribution in [0.25, 0.3) is 21.1 Å². The van der Waals surface area contributed by atoms with Crippen molar-refractivity contribution in [2.45, 2.75) is 0 Å². The summed E-state index contributed by atoms with van der Waals surface area (Å²) < 4.78 is 1.31. The number of aryl methyl sites for hydroxylation is 1. The normalized spacial score (nSPS) is 10.8. The molecule has 3 aromatic rings. The van der Waals surface area contributed by atoms with Gasteiger partial charge in [-0.05, 0) is 17.5 Å². The highest BCUT2D eigenvalue weighted by atomic mass is 32.1. The summed E-state index contributed by atoms with van der Waals surface area (Å²) in [5.74, 6) is 0. The largest absolute Gasteiger partial charge is 0.374 e. The first-order valence-corrected chi connectivity index (χ1v) is 7.06. The van der Waals surface area contributed by atoms with Crippen LogP contribution in [0.15, 0.2) is 28.4 Å². The number of hydrogen-bond acceptors (Lipinski definition) is 7. The summed E-state index contributed by atoms with van der Waals surface area (Å²) in [4.78, 5) is 13.1. The standard InChI is InChI=1S/C11H9N5OS2/c1-16-10(17)6(9-13-14-11(12)19-9)5-7(15-16)8-3-2-4-18-8/h2-5H,1H3,(H2,12,14). The first-order valence-electron chi connectivity index (χ1n) is 5.37. The van der Waals surface area contributed by atoms with Crippen molar-refractivity contribution < 1.29 is 0 Å². The molecular formula is C11H9N5OS2. The molecule has 8 heteroatoms. The predicted octanol–water partition coefficient (Wildman–Crippen LogP) is 1.61. The molecule has 3 aromatic heterocycles. The highest BCUT2D eigenvalue weighted by molar-refractivity contribution is 7.18. The van der Waals surface area contributed by atoms with Crippen molar-refractivity contribution in [3.63, 3.8) is 0 Å². The molecule has 3 rings (SSSR count). The molecule has 6 nitrogen and oxygen atoms in total. The zero-order valence-corrected chi connectivity index (χ0v) is 11.5. The molecule has 0 spiro atoms. The molecule has 0 amide bonds. The molecule has 19 heavy (non-hydrogen) atoms. The van der Waals surface area contributed by atoms with E-state index in [2.05, 4.69) is 15.3 Å². The van der Waals surface area contributed by atoms with Crippen LogP contribution in [0, 0.1) is 0 Å². The van der Waals surface area contributed by atoms with E-state index in [1.807, 2.05) is 17.5 Å². The number of hydrogen-bond donors (Lipinski definition) is 1. The Morgan fingerprint density at radius 1 is 1.37 bits per heavy atom. The average molecular weight is 291 g/mol. The molecule has 0 saturated carbocycles. The Morgan fingerprint density at radius 2 is 2.21 bits per heavy atom. The topological polar surface area (TPSA) is 86.7 Å². The number of rotatable bonds is 2. The van der Waals surface area contributed by atoms with Crippen molar-refractivity contribution in [3.05, 3.63) is 33.9 Å². The van der Waals surface area contributed by atoms with Crippen LogP contribution >= 0.6 is 22.7 Å². The van der Waals surface area contributed by atoms with Gasteiger partial charge in [0.1, 0.15) is 5.69 Å². The summed E-state index contributed by atoms with van der Waals surface area (Å²) >= 11 is 2.75. The van der Waals surface area contributed by atoms with Crippen LogP contribution in [-0.4, -0.2) is 20.0 Å². The molecular weight excluding hydrogens is 282 g/mol. The Hall–Kier alpha value is -2.06. The Labute approximate surface area is 116 Å². The quantitative estimate of drug-likeness (QED) is 0.775. The highest BCUT2D eigenvalue weighted by Crippen LogP contribution is 2.27. The lowest BCUT2D eigenvalue weighted by atomic mass is 10.2. The molecule has 0 fully saturated rings. The molecule has 0 aliphatic carbocycles. The van der Waals surface area contributed by atoms with Crippen LogP contribution in [0.1, 0.15) is 0 Å². The van der Waals surface area contributed by atoms with E-state index in [0.717, 1.165) is 10.6 Å². The minimum Gasteiger partial charge on any atom is -0.374 e. The molecule has 3 heterocycles. The van der Waals surface area contributed by atoms with E-state index < -0.39 is 0 Å². The van der Waals surface area contributed by atoms with Crippen LogP contribution < -0.4 is 11.3 Å². The molecule has 0 saturated heterocycles. The van der Waals surface area contributed by atoms with E-state index >= 15 is 0 Å². The first-order chi connectivity index (χ1) is 9.15. The number of nitrogens with two attached hydrogens (primary N) is 1. The maximum absolute atomic E-state index is 12.1. The highest BCUT2D eigenvalue weighted by Gasteiger charge is 2.14. The molecule has 0 atom stereocenters. The zero-order chi connectivity index (χ0) is 13.4. The SMILES string of the molecule is Cn1nc(-c2cccs2)cc(-c2nnc(N)s2)c1=O. The van der Waals surface area contributed by atoms with Crippen molar-refractivity contribution >= 4 is 27.8 Å². The second-order valence-corrected chi connectivity index (χ2v) is 5.75. The van der Waals surface area contributed by atoms with Gasteiger partial charge in [0.05, 0.1) is 10.4 Å². The summed E-state index contributed by atoms with van der Waals surface area (Å²) in [5, 5.41) is 14.7. The summed E-state index contributed by atoms with van der Waals surface area (Å²) in [5.41, 5.74) is 6.55. The fourth-order valence-corrected chi connectivity index (χ4v) is 2.95. The first kappa shape index (κ1) is 12.0. The van der Waals surface area contributed by atoms with Gasteiger partial charge < -0.3 is 5.73 Å². The summed E-state index contributed by atoms with van der Waals surface area (Å²) in [6, 6.07) is 5.62. The maximum Gasteiger partial charge on any atom is 0.276 e. The lowest BCUT2D eigenvalue weighted by molar-refractivity contribution is 0.714. The van der Waals surface area contributed by atoms with Gasteiger partial charge in [0.15, 0.2) is 5.01 Å². The van der Waals surface area contributed by atoms with Gasteiger partial charge in [-0.3, -0.25) is 4.79 Å². The van der Waals surface area contributed by atoms with Gasteiger partial charge in [-0.2, -0.15) is 5.10 Å². The van der Waals surface area contributed by atoms with Gasteiger partial charge >= 0.3 is 0 Å². The van der Waals surface area contributed by atoms with E-state index in [9.17, 15) is 4.79 Å². The van der Waals surface area contributed by atoms with Crippen molar-refractivity contribution in [1.82, 2.24) is 20.0 Å². The maximum atomic E-state index is 12.1. The van der Waals surface area contributed by atoms with Crippen molar-refractivity contribution in [3.8, 4) is 21.1 Å². The van der Waals surface area contributed by atoms with Crippen LogP contribution in [-0.2, 0) is 7.05 Å². The third-order valence-corrected chi connectivity index (χ3v) is 4.19. The molecule has 0 radical (unpaired) electrons. The minimum atomic E-state index is -0.212. The van der Waals surface area contributed by atoms with Gasteiger partial charge in [0.25, 0.3) is 5.56 Å². The van der Waals surface area contributed by atoms with E-state index in [1.165, 1.54) is 16.0 Å². The number of anilines is 1. The van der Waals surface area contributed by atoms with E-state index in [4.69, 9.17) is 5.73 Å². The van der Waals surface area contributed by atoms with Gasteiger partial charge in [-0.25, -0.2) is 4.68 Å². The smallest absolute Gasteiger partial charge is 0.276 e. The van der Waals surface area contributed by atoms with Crippen molar-refractivity contribution in [1.29, 1.82) is 0 Å². The summed E-state index contributed by atoms with van der Waals surface area (Å²) in [6.45, 7) is 0. The van der Waals surface area contributed by atoms with Crippen molar-refractivity contribution in [2.24, 2.45) is 7.05 Å². The monoisotopic (exact) mass is 291 g/mol. The Bertz CT molecular complexity index is 775. The number of aromatic nitrogens is 4. The molecule has 96 valence electrons. The fraction of sp³-hybridized carbons (Fsp3) is 0.0909. The second kappa shape index (κ2) is 4.56. The number of thiophene rings is 1. The Balaban J connectivity index is 2.22. The second-order valence-electron chi connectivity index (χ2n) is 3.79. The summed E-state index contributed by atoms with van der Waals surface area (Å²) in [7, 11) is 1.62. The average Bonchev–Trinajstić information content (AvgIpc) is 3.03. The van der Waals surface area contributed by atoms with Gasteiger partial charge in [0.2, 0.25) is 5.13 Å². The van der Waals surface area contributed by atoms with Crippen LogP contribution in [0.4, 0.5) is 5.13 Å². The number of nitrogens with zero attached hydrogens (tertiary/aromatic N) is 4. The molecule has 0 unspecified atom stereocenters.